The highest BCUT2D eigenvalue weighted by molar-refractivity contribution is 5.89. The SMILES string of the molecule is [C-]#[N+]C=Cc1ccc(N(c2ccc(C=C[N+]#[C-])cc2)c2ccc3ccccc3c2)cc1. The molecule has 0 aromatic heterocycles. The predicted molar refractivity (Wildman–Crippen MR) is 130 cm³/mol. The highest BCUT2D eigenvalue weighted by atomic mass is 15.1. The Morgan fingerprint density at radius 3 is 1.55 bits per heavy atom. The summed E-state index contributed by atoms with van der Waals surface area (Å²) >= 11 is 0. The zero-order chi connectivity index (χ0) is 21.5. The van der Waals surface area contributed by atoms with Gasteiger partial charge in [-0.3, -0.25) is 0 Å². The quantitative estimate of drug-likeness (QED) is 0.310. The van der Waals surface area contributed by atoms with Gasteiger partial charge in [-0.1, -0.05) is 66.7 Å². The number of rotatable bonds is 5. The Hall–Kier alpha value is -4.60. The number of hydrogen-bond acceptors (Lipinski definition) is 1. The minimum atomic E-state index is 0.984. The summed E-state index contributed by atoms with van der Waals surface area (Å²) in [6, 6.07) is 31.1. The van der Waals surface area contributed by atoms with Gasteiger partial charge in [0.25, 0.3) is 0 Å². The Morgan fingerprint density at radius 1 is 0.548 bits per heavy atom. The van der Waals surface area contributed by atoms with Gasteiger partial charge in [-0.25, -0.2) is 9.69 Å². The molecule has 0 aliphatic heterocycles. The van der Waals surface area contributed by atoms with Crippen LogP contribution in [0.1, 0.15) is 11.1 Å². The zero-order valence-corrected chi connectivity index (χ0v) is 16.8. The normalized spacial score (nSPS) is 10.9. The fraction of sp³-hybridized carbons (Fsp3) is 0. The van der Waals surface area contributed by atoms with Crippen LogP contribution in [0.2, 0.25) is 0 Å². The average Bonchev–Trinajstić information content (AvgIpc) is 2.83. The van der Waals surface area contributed by atoms with Crippen LogP contribution < -0.4 is 4.90 Å². The van der Waals surface area contributed by atoms with Crippen molar-refractivity contribution < 1.29 is 0 Å². The molecule has 146 valence electrons. The maximum Gasteiger partial charge on any atom is 0.154 e. The second-order valence-corrected chi connectivity index (χ2v) is 6.94. The van der Waals surface area contributed by atoms with E-state index in [-0.39, 0.29) is 0 Å². The molecule has 0 saturated carbocycles. The molecule has 0 atom stereocenters. The van der Waals surface area contributed by atoms with Crippen LogP contribution in [-0.4, -0.2) is 0 Å². The van der Waals surface area contributed by atoms with Crippen LogP contribution in [0.3, 0.4) is 0 Å². The van der Waals surface area contributed by atoms with Crippen molar-refractivity contribution in [2.75, 3.05) is 4.90 Å². The molecule has 4 rings (SSSR count). The van der Waals surface area contributed by atoms with Gasteiger partial charge in [0.15, 0.2) is 12.4 Å². The number of nitrogens with zero attached hydrogens (tertiary/aromatic N) is 3. The average molecular weight is 397 g/mol. The van der Waals surface area contributed by atoms with Crippen molar-refractivity contribution in [2.45, 2.75) is 0 Å². The summed E-state index contributed by atoms with van der Waals surface area (Å²) in [4.78, 5) is 8.76. The summed E-state index contributed by atoms with van der Waals surface area (Å²) in [5, 5.41) is 2.38. The van der Waals surface area contributed by atoms with Gasteiger partial charge in [0, 0.05) is 17.1 Å². The van der Waals surface area contributed by atoms with E-state index < -0.39 is 0 Å². The summed E-state index contributed by atoms with van der Waals surface area (Å²) in [7, 11) is 0. The first-order valence-corrected chi connectivity index (χ1v) is 9.84. The van der Waals surface area contributed by atoms with Crippen molar-refractivity contribution in [3.8, 4) is 0 Å². The summed E-state index contributed by atoms with van der Waals surface area (Å²) < 4.78 is 0. The molecule has 4 aromatic carbocycles. The molecule has 3 heteroatoms. The third-order valence-electron chi connectivity index (χ3n) is 4.98. The minimum absolute atomic E-state index is 0.984. The fourth-order valence-electron chi connectivity index (χ4n) is 3.48. The number of anilines is 3. The van der Waals surface area contributed by atoms with E-state index >= 15 is 0 Å². The third-order valence-corrected chi connectivity index (χ3v) is 4.98. The highest BCUT2D eigenvalue weighted by Crippen LogP contribution is 2.36. The summed E-state index contributed by atoms with van der Waals surface area (Å²) in [6.07, 6.45) is 6.53. The summed E-state index contributed by atoms with van der Waals surface area (Å²) in [6.45, 7) is 13.8. The second-order valence-electron chi connectivity index (χ2n) is 6.94. The molecule has 31 heavy (non-hydrogen) atoms. The topological polar surface area (TPSA) is 12.0 Å². The van der Waals surface area contributed by atoms with Crippen molar-refractivity contribution in [2.24, 2.45) is 0 Å². The summed E-state index contributed by atoms with van der Waals surface area (Å²) in [5.41, 5.74) is 5.09. The van der Waals surface area contributed by atoms with E-state index in [1.165, 1.54) is 23.2 Å². The van der Waals surface area contributed by atoms with Gasteiger partial charge in [0.1, 0.15) is 0 Å². The predicted octanol–water partition coefficient (Wildman–Crippen LogP) is 8.09. The molecule has 0 amide bonds. The van der Waals surface area contributed by atoms with Crippen LogP contribution in [0.4, 0.5) is 17.1 Å². The monoisotopic (exact) mass is 397 g/mol. The molecule has 0 saturated heterocycles. The zero-order valence-electron chi connectivity index (χ0n) is 16.8. The van der Waals surface area contributed by atoms with Crippen molar-refractivity contribution in [3.63, 3.8) is 0 Å². The van der Waals surface area contributed by atoms with Gasteiger partial charge in [0.2, 0.25) is 0 Å². The van der Waals surface area contributed by atoms with Crippen LogP contribution in [0.5, 0.6) is 0 Å². The Balaban J connectivity index is 1.80. The largest absolute Gasteiger partial charge is 0.310 e. The van der Waals surface area contributed by atoms with E-state index in [1.54, 1.807) is 12.2 Å². The summed E-state index contributed by atoms with van der Waals surface area (Å²) in [5.74, 6) is 0. The molecule has 4 aromatic rings. The molecule has 0 unspecified atom stereocenters. The van der Waals surface area contributed by atoms with Crippen LogP contribution in [0, 0.1) is 13.1 Å². The minimum Gasteiger partial charge on any atom is -0.310 e. The fourth-order valence-corrected chi connectivity index (χ4v) is 3.48. The van der Waals surface area contributed by atoms with Crippen molar-refractivity contribution in [1.29, 1.82) is 0 Å². The lowest BCUT2D eigenvalue weighted by molar-refractivity contribution is 1.29. The molecule has 0 bridgehead atoms. The second kappa shape index (κ2) is 9.27. The van der Waals surface area contributed by atoms with Gasteiger partial charge >= 0.3 is 0 Å². The van der Waals surface area contributed by atoms with Crippen molar-refractivity contribution in [3.05, 3.63) is 137 Å². The lowest BCUT2D eigenvalue weighted by atomic mass is 10.1. The van der Waals surface area contributed by atoms with Crippen LogP contribution in [-0.2, 0) is 0 Å². The Labute approximate surface area is 182 Å². The van der Waals surface area contributed by atoms with E-state index in [9.17, 15) is 0 Å². The van der Waals surface area contributed by atoms with E-state index in [0.717, 1.165) is 28.2 Å². The molecule has 0 heterocycles. The Bertz CT molecular complexity index is 1260. The number of hydrogen-bond donors (Lipinski definition) is 0. The maximum absolute atomic E-state index is 6.92. The molecule has 0 fully saturated rings. The number of fused-ring (bicyclic) bond motifs is 1. The highest BCUT2D eigenvalue weighted by Gasteiger charge is 2.13. The first-order chi connectivity index (χ1) is 15.3. The Kier molecular flexibility index (Phi) is 5.89. The third kappa shape index (κ3) is 4.53. The van der Waals surface area contributed by atoms with Gasteiger partial charge in [-0.2, -0.15) is 0 Å². The van der Waals surface area contributed by atoms with Gasteiger partial charge < -0.3 is 4.90 Å². The van der Waals surface area contributed by atoms with Crippen molar-refractivity contribution >= 4 is 40.0 Å². The molecule has 0 radical (unpaired) electrons. The van der Waals surface area contributed by atoms with Crippen LogP contribution in [0.25, 0.3) is 32.6 Å². The molecular weight excluding hydrogens is 378 g/mol. The van der Waals surface area contributed by atoms with Crippen LogP contribution in [0.15, 0.2) is 103 Å². The Morgan fingerprint density at radius 2 is 1.03 bits per heavy atom. The van der Waals surface area contributed by atoms with Crippen molar-refractivity contribution in [1.82, 2.24) is 0 Å². The van der Waals surface area contributed by atoms with Crippen LogP contribution >= 0.6 is 0 Å². The molecule has 3 nitrogen and oxygen atoms in total. The first kappa shape index (κ1) is 19.7. The lowest BCUT2D eigenvalue weighted by Gasteiger charge is -2.26. The molecular formula is C28H19N3. The molecule has 0 aliphatic rings. The van der Waals surface area contributed by atoms with E-state index in [2.05, 4.69) is 69.2 Å². The number of benzene rings is 4. The molecule has 0 aliphatic carbocycles. The first-order valence-electron chi connectivity index (χ1n) is 9.84. The lowest BCUT2D eigenvalue weighted by Crippen LogP contribution is -2.09. The molecule has 0 spiro atoms. The maximum atomic E-state index is 6.92. The standard InChI is InChI=1S/C28H19N3/c1-29-19-17-22-7-12-26(13-8-22)31(27-14-9-23(10-15-27)18-20-30-2)28-16-11-24-5-3-4-6-25(24)21-28/h3-21H. The van der Waals surface area contributed by atoms with Gasteiger partial charge in [-0.05, 0) is 58.3 Å². The van der Waals surface area contributed by atoms with E-state index in [0.29, 0.717) is 0 Å². The van der Waals surface area contributed by atoms with Gasteiger partial charge in [0.05, 0.1) is 13.1 Å². The molecule has 0 N–H and O–H groups in total. The van der Waals surface area contributed by atoms with E-state index in [4.69, 9.17) is 13.1 Å². The van der Waals surface area contributed by atoms with E-state index in [1.807, 2.05) is 36.4 Å². The smallest absolute Gasteiger partial charge is 0.154 e. The van der Waals surface area contributed by atoms with Gasteiger partial charge in [-0.15, -0.1) is 0 Å².